The van der Waals surface area contributed by atoms with Crippen LogP contribution in [-0.2, 0) is 15.3 Å². The summed E-state index contributed by atoms with van der Waals surface area (Å²) in [6, 6.07) is 8.80. The van der Waals surface area contributed by atoms with Gasteiger partial charge in [0.15, 0.2) is 5.54 Å². The Balaban J connectivity index is 3.03. The van der Waals surface area contributed by atoms with Crippen molar-refractivity contribution in [3.05, 3.63) is 35.9 Å². The van der Waals surface area contributed by atoms with Gasteiger partial charge in [0.2, 0.25) is 0 Å². The van der Waals surface area contributed by atoms with Gasteiger partial charge in [-0.25, -0.2) is 4.79 Å². The fourth-order valence-corrected chi connectivity index (χ4v) is 3.78. The molecule has 4 nitrogen and oxygen atoms in total. The molecular weight excluding hydrogens is 426 g/mol. The van der Waals surface area contributed by atoms with Gasteiger partial charge in [0, 0.05) is 11.5 Å². The van der Waals surface area contributed by atoms with E-state index in [1.807, 2.05) is 0 Å². The first-order valence-electron chi connectivity index (χ1n) is 6.67. The van der Waals surface area contributed by atoms with Crippen molar-refractivity contribution in [1.29, 1.82) is 0 Å². The number of hydrogen-bond donors (Lipinski definition) is 2. The van der Waals surface area contributed by atoms with Crippen LogP contribution < -0.4 is 5.32 Å². The Labute approximate surface area is 161 Å². The summed E-state index contributed by atoms with van der Waals surface area (Å²) in [6.07, 6.45) is -5.28. The average molecular weight is 439 g/mol. The monoisotopic (exact) mass is 437 g/mol. The minimum Gasteiger partial charge on any atom is -0.479 e. The van der Waals surface area contributed by atoms with Crippen molar-refractivity contribution in [3.63, 3.8) is 0 Å². The highest BCUT2D eigenvalue weighted by atomic mass is 35.5. The van der Waals surface area contributed by atoms with Crippen molar-refractivity contribution < 1.29 is 27.9 Å². The molecule has 2 unspecified atom stereocenters. The van der Waals surface area contributed by atoms with E-state index in [4.69, 9.17) is 34.8 Å². The van der Waals surface area contributed by atoms with Crippen molar-refractivity contribution in [2.45, 2.75) is 27.7 Å². The molecule has 0 bridgehead atoms. The predicted octanol–water partition coefficient (Wildman–Crippen LogP) is 3.83. The van der Waals surface area contributed by atoms with Crippen LogP contribution in [0.5, 0.6) is 0 Å². The second-order valence-corrected chi connectivity index (χ2v) is 7.56. The number of aliphatic carboxylic acids is 1. The summed E-state index contributed by atoms with van der Waals surface area (Å²) >= 11 is 18.0. The van der Waals surface area contributed by atoms with E-state index in [1.165, 1.54) is 5.32 Å². The maximum atomic E-state index is 12.6. The Morgan fingerprint density at radius 1 is 1.16 bits per heavy atom. The Morgan fingerprint density at radius 3 is 2.16 bits per heavy atom. The Hall–Kier alpha value is -0.830. The van der Waals surface area contributed by atoms with Gasteiger partial charge in [0.25, 0.3) is 0 Å². The number of amides is 1. The van der Waals surface area contributed by atoms with Crippen LogP contribution in [-0.4, -0.2) is 44.7 Å². The Morgan fingerprint density at radius 2 is 1.72 bits per heavy atom. The minimum absolute atomic E-state index is 0.288. The summed E-state index contributed by atoms with van der Waals surface area (Å²) in [4.78, 5) is 21.4. The molecule has 0 spiro atoms. The van der Waals surface area contributed by atoms with E-state index in [-0.39, 0.29) is 5.75 Å². The van der Waals surface area contributed by atoms with E-state index in [0.29, 0.717) is 0 Å². The first kappa shape index (κ1) is 22.2. The molecule has 0 aliphatic heterocycles. The highest BCUT2D eigenvalue weighted by Crippen LogP contribution is 2.32. The first-order chi connectivity index (χ1) is 11.5. The lowest BCUT2D eigenvalue weighted by atomic mass is 9.98. The topological polar surface area (TPSA) is 66.4 Å². The molecule has 1 aromatic rings. The largest absolute Gasteiger partial charge is 0.479 e. The molecule has 0 radical (unpaired) electrons. The second-order valence-electron chi connectivity index (χ2n) is 4.94. The number of halogens is 6. The Kier molecular flexibility index (Phi) is 8.18. The smallest absolute Gasteiger partial charge is 0.471 e. The van der Waals surface area contributed by atoms with E-state index >= 15 is 0 Å². The third-order valence-electron chi connectivity index (χ3n) is 3.11. The zero-order chi connectivity index (χ0) is 19.3. The van der Waals surface area contributed by atoms with E-state index in [9.17, 15) is 27.9 Å². The molecule has 0 aromatic heterocycles. The number of carboxylic acid groups (broad SMARTS) is 1. The molecule has 0 aliphatic rings. The molecule has 1 amide bonds. The van der Waals surface area contributed by atoms with Gasteiger partial charge in [-0.15, -0.1) is 34.8 Å². The molecule has 2 N–H and O–H groups in total. The summed E-state index contributed by atoms with van der Waals surface area (Å²) in [5.74, 6) is -4.38. The highest BCUT2D eigenvalue weighted by molar-refractivity contribution is 7.98. The SMILES string of the molecule is O=C(NC(CSCc1ccccc1)(C(=O)O)C(Cl)C(Cl)Cl)C(F)(F)F. The molecule has 1 aromatic carbocycles. The number of carboxylic acids is 1. The quantitative estimate of drug-likeness (QED) is 0.605. The number of alkyl halides is 6. The third kappa shape index (κ3) is 6.13. The first-order valence-corrected chi connectivity index (χ1v) is 9.13. The molecule has 0 aliphatic carbocycles. The Bertz CT molecular complexity index is 604. The van der Waals surface area contributed by atoms with Crippen LogP contribution in [0.1, 0.15) is 5.56 Å². The zero-order valence-corrected chi connectivity index (χ0v) is 15.5. The molecule has 0 fully saturated rings. The molecule has 0 heterocycles. The summed E-state index contributed by atoms with van der Waals surface area (Å²) < 4.78 is 37.7. The fourth-order valence-electron chi connectivity index (χ4n) is 1.81. The zero-order valence-electron chi connectivity index (χ0n) is 12.4. The number of rotatable bonds is 8. The predicted molar refractivity (Wildman–Crippen MR) is 92.3 cm³/mol. The van der Waals surface area contributed by atoms with E-state index in [0.717, 1.165) is 17.3 Å². The lowest BCUT2D eigenvalue weighted by molar-refractivity contribution is -0.177. The number of carbonyl (C=O) groups is 2. The van der Waals surface area contributed by atoms with Gasteiger partial charge in [-0.2, -0.15) is 24.9 Å². The van der Waals surface area contributed by atoms with Crippen LogP contribution in [0.2, 0.25) is 0 Å². The molecule has 1 rings (SSSR count). The summed E-state index contributed by atoms with van der Waals surface area (Å²) in [7, 11) is 0. The van der Waals surface area contributed by atoms with Crippen LogP contribution in [0.15, 0.2) is 30.3 Å². The average Bonchev–Trinajstić information content (AvgIpc) is 2.52. The molecule has 25 heavy (non-hydrogen) atoms. The molecule has 140 valence electrons. The lowest BCUT2D eigenvalue weighted by Gasteiger charge is -2.35. The van der Waals surface area contributed by atoms with Gasteiger partial charge >= 0.3 is 18.1 Å². The highest BCUT2D eigenvalue weighted by Gasteiger charge is 2.53. The summed E-state index contributed by atoms with van der Waals surface area (Å²) in [6.45, 7) is 0. The number of hydrogen-bond acceptors (Lipinski definition) is 3. The number of nitrogens with one attached hydrogen (secondary N) is 1. The van der Waals surface area contributed by atoms with Crippen molar-refractivity contribution in [2.75, 3.05) is 5.75 Å². The van der Waals surface area contributed by atoms with Crippen molar-refractivity contribution in [2.24, 2.45) is 0 Å². The van der Waals surface area contributed by atoms with Crippen LogP contribution in [0.4, 0.5) is 13.2 Å². The maximum Gasteiger partial charge on any atom is 0.471 e. The van der Waals surface area contributed by atoms with Crippen molar-refractivity contribution in [3.8, 4) is 0 Å². The number of thioether (sulfide) groups is 1. The van der Waals surface area contributed by atoms with E-state index in [1.54, 1.807) is 30.3 Å². The van der Waals surface area contributed by atoms with Crippen LogP contribution in [0, 0.1) is 0 Å². The van der Waals surface area contributed by atoms with E-state index in [2.05, 4.69) is 0 Å². The fraction of sp³-hybridized carbons (Fsp3) is 0.429. The van der Waals surface area contributed by atoms with Crippen LogP contribution in [0.3, 0.4) is 0 Å². The standard InChI is InChI=1S/C14H13Cl3F3NO3S/c15-9(10(16)17)13(12(23)24,21-11(22)14(18,19)20)7-25-6-8-4-2-1-3-5-8/h1-5,9-10H,6-7H2,(H,21,22)(H,23,24). The molecule has 11 heteroatoms. The minimum atomic E-state index is -5.28. The van der Waals surface area contributed by atoms with Crippen molar-refractivity contribution in [1.82, 2.24) is 5.32 Å². The van der Waals surface area contributed by atoms with Gasteiger partial charge in [-0.05, 0) is 5.56 Å². The molecule has 0 saturated heterocycles. The van der Waals surface area contributed by atoms with Gasteiger partial charge in [-0.1, -0.05) is 30.3 Å². The lowest BCUT2D eigenvalue weighted by Crippen LogP contribution is -2.65. The summed E-state index contributed by atoms with van der Waals surface area (Å²) in [5.41, 5.74) is -1.68. The normalized spacial score (nSPS) is 15.5. The van der Waals surface area contributed by atoms with Crippen LogP contribution in [0.25, 0.3) is 0 Å². The van der Waals surface area contributed by atoms with Crippen molar-refractivity contribution >= 4 is 58.4 Å². The third-order valence-corrected chi connectivity index (χ3v) is 5.69. The molecule has 0 saturated carbocycles. The maximum absolute atomic E-state index is 12.6. The van der Waals surface area contributed by atoms with Gasteiger partial charge < -0.3 is 10.4 Å². The number of benzene rings is 1. The summed E-state index contributed by atoms with van der Waals surface area (Å²) in [5, 5.41) is 9.22. The van der Waals surface area contributed by atoms with Gasteiger partial charge in [-0.3, -0.25) is 4.79 Å². The molecule has 2 atom stereocenters. The molecular formula is C14H13Cl3F3NO3S. The van der Waals surface area contributed by atoms with Gasteiger partial charge in [0.05, 0.1) is 5.38 Å². The van der Waals surface area contributed by atoms with E-state index < -0.39 is 39.6 Å². The van der Waals surface area contributed by atoms with Gasteiger partial charge in [0.1, 0.15) is 4.84 Å². The van der Waals surface area contributed by atoms with Crippen LogP contribution >= 0.6 is 46.6 Å². The number of carbonyl (C=O) groups excluding carboxylic acids is 1. The second kappa shape index (κ2) is 9.21.